The number of aryl methyl sites for hydroxylation is 1. The number of amidine groups is 1. The summed E-state index contributed by atoms with van der Waals surface area (Å²) in [6.45, 7) is 2.05. The lowest BCUT2D eigenvalue weighted by Crippen LogP contribution is -2.27. The largest absolute Gasteiger partial charge is 0.392 e. The number of rotatable bonds is 6. The number of hydrogen-bond donors (Lipinski definition) is 4. The minimum atomic E-state index is -0.326. The van der Waals surface area contributed by atoms with Crippen LogP contribution in [0.3, 0.4) is 0 Å². The highest BCUT2D eigenvalue weighted by Crippen LogP contribution is 2.08. The lowest BCUT2D eigenvalue weighted by atomic mass is 10.1. The summed E-state index contributed by atoms with van der Waals surface area (Å²) in [5.41, 5.74) is 9.00. The van der Waals surface area contributed by atoms with Crippen molar-refractivity contribution in [2.45, 2.75) is 20.1 Å². The molecule has 0 bridgehead atoms. The van der Waals surface area contributed by atoms with Gasteiger partial charge >= 0.3 is 0 Å². The zero-order valence-corrected chi connectivity index (χ0v) is 14.2. The van der Waals surface area contributed by atoms with Crippen molar-refractivity contribution in [1.29, 1.82) is 0 Å². The number of aromatic nitrogens is 1. The van der Waals surface area contributed by atoms with Crippen LogP contribution in [0.2, 0.25) is 0 Å². The maximum absolute atomic E-state index is 12.4. The van der Waals surface area contributed by atoms with Crippen LogP contribution >= 0.6 is 0 Å². The van der Waals surface area contributed by atoms with E-state index in [9.17, 15) is 4.79 Å². The van der Waals surface area contributed by atoms with Gasteiger partial charge in [-0.25, -0.2) is 15.9 Å². The van der Waals surface area contributed by atoms with Gasteiger partial charge in [-0.05, 0) is 30.2 Å². The van der Waals surface area contributed by atoms with Gasteiger partial charge in [-0.1, -0.05) is 24.3 Å². The van der Waals surface area contributed by atoms with Crippen LogP contribution in [-0.2, 0) is 13.2 Å². The van der Waals surface area contributed by atoms with Crippen LogP contribution in [0, 0.1) is 6.92 Å². The Balaban J connectivity index is 2.14. The molecule has 25 heavy (non-hydrogen) atoms. The Morgan fingerprint density at radius 2 is 2.04 bits per heavy atom. The zero-order chi connectivity index (χ0) is 18.4. The maximum Gasteiger partial charge on any atom is 0.270 e. The van der Waals surface area contributed by atoms with Crippen LogP contribution < -0.4 is 16.9 Å². The van der Waals surface area contributed by atoms with Gasteiger partial charge < -0.3 is 16.2 Å². The van der Waals surface area contributed by atoms with E-state index in [-0.39, 0.29) is 24.0 Å². The second kappa shape index (κ2) is 8.22. The number of nitrogens with two attached hydrogens (primary N) is 2. The van der Waals surface area contributed by atoms with Crippen molar-refractivity contribution < 1.29 is 9.90 Å². The minimum Gasteiger partial charge on any atom is -0.392 e. The summed E-state index contributed by atoms with van der Waals surface area (Å²) in [4.78, 5) is 16.6. The van der Waals surface area contributed by atoms with Crippen molar-refractivity contribution in [3.63, 3.8) is 0 Å². The third kappa shape index (κ3) is 5.27. The smallest absolute Gasteiger partial charge is 0.270 e. The van der Waals surface area contributed by atoms with Crippen molar-refractivity contribution in [2.24, 2.45) is 16.7 Å². The van der Waals surface area contributed by atoms with Gasteiger partial charge in [-0.15, -0.1) is 5.10 Å². The molecule has 0 aliphatic rings. The molecule has 132 valence electrons. The van der Waals surface area contributed by atoms with Gasteiger partial charge in [0.2, 0.25) is 0 Å². The molecule has 0 atom stereocenters. The normalized spacial score (nSPS) is 11.3. The predicted octanol–water partition coefficient (Wildman–Crippen LogP) is 0.238. The number of nitrogens with zero attached hydrogens (tertiary/aromatic N) is 3. The second-order valence-corrected chi connectivity index (χ2v) is 5.60. The molecular weight excluding hydrogens is 320 g/mol. The Hall–Kier alpha value is -2.97. The first kappa shape index (κ1) is 18.4. The summed E-state index contributed by atoms with van der Waals surface area (Å²) in [5.74, 6) is 5.32. The van der Waals surface area contributed by atoms with Crippen molar-refractivity contribution in [3.8, 4) is 0 Å². The summed E-state index contributed by atoms with van der Waals surface area (Å²) >= 11 is 0. The molecule has 0 unspecified atom stereocenters. The average molecular weight is 342 g/mol. The molecule has 2 aromatic rings. The van der Waals surface area contributed by atoms with E-state index in [0.717, 1.165) is 16.2 Å². The van der Waals surface area contributed by atoms with E-state index in [1.54, 1.807) is 26.1 Å². The number of aliphatic hydroxyl groups excluding tert-OH is 1. The average Bonchev–Trinajstić information content (AvgIpc) is 2.58. The summed E-state index contributed by atoms with van der Waals surface area (Å²) < 4.78 is 0. The van der Waals surface area contributed by atoms with E-state index in [0.29, 0.717) is 17.8 Å². The third-order valence-electron chi connectivity index (χ3n) is 3.37. The van der Waals surface area contributed by atoms with Crippen molar-refractivity contribution in [3.05, 3.63) is 64.5 Å². The van der Waals surface area contributed by atoms with Crippen LogP contribution in [0.15, 0.2) is 41.5 Å². The van der Waals surface area contributed by atoms with Gasteiger partial charge in [0.25, 0.3) is 5.91 Å². The predicted molar refractivity (Wildman–Crippen MR) is 95.2 cm³/mol. The molecule has 0 fully saturated rings. The molecule has 0 aliphatic heterocycles. The highest BCUT2D eigenvalue weighted by molar-refractivity contribution is 6.00. The lowest BCUT2D eigenvalue weighted by molar-refractivity contribution is 0.0945. The molecule has 0 radical (unpaired) electrons. The number of carbonyl (C=O) groups is 1. The molecule has 8 nitrogen and oxygen atoms in total. The molecule has 6 N–H and O–H groups in total. The second-order valence-electron chi connectivity index (χ2n) is 5.60. The minimum absolute atomic E-state index is 0.0429. The van der Waals surface area contributed by atoms with Crippen molar-refractivity contribution >= 4 is 11.7 Å². The number of hydrogen-bond acceptors (Lipinski definition) is 6. The van der Waals surface area contributed by atoms with Gasteiger partial charge in [-0.2, -0.15) is 0 Å². The molecule has 1 aromatic heterocycles. The van der Waals surface area contributed by atoms with Gasteiger partial charge in [0.1, 0.15) is 5.69 Å². The Bertz CT molecular complexity index is 788. The highest BCUT2D eigenvalue weighted by Gasteiger charge is 2.11. The zero-order valence-electron chi connectivity index (χ0n) is 14.2. The van der Waals surface area contributed by atoms with Crippen molar-refractivity contribution in [1.82, 2.24) is 15.4 Å². The molecular formula is C17H22N6O2. The first-order valence-corrected chi connectivity index (χ1v) is 7.67. The Labute approximate surface area is 146 Å². The van der Waals surface area contributed by atoms with Crippen LogP contribution in [0.4, 0.5) is 0 Å². The molecule has 8 heteroatoms. The van der Waals surface area contributed by atoms with Crippen LogP contribution in [0.25, 0.3) is 0 Å². The fourth-order valence-electron chi connectivity index (χ4n) is 2.27. The Morgan fingerprint density at radius 3 is 2.72 bits per heavy atom. The summed E-state index contributed by atoms with van der Waals surface area (Å²) in [5, 5.41) is 17.0. The van der Waals surface area contributed by atoms with E-state index in [1.807, 2.05) is 24.3 Å². The maximum atomic E-state index is 12.4. The number of hydrazine groups is 1. The number of aliphatic hydroxyl groups is 1. The topological polar surface area (TPSA) is 130 Å². The number of amides is 1. The summed E-state index contributed by atoms with van der Waals surface area (Å²) in [7, 11) is 1.55. The number of pyridine rings is 1. The monoisotopic (exact) mass is 342 g/mol. The number of carbonyl (C=O) groups excluding carboxylic acids is 1. The lowest BCUT2D eigenvalue weighted by Gasteiger charge is -2.10. The van der Waals surface area contributed by atoms with Crippen LogP contribution in [0.1, 0.15) is 32.9 Å². The standard InChI is InChI=1S/C17H22N6O2/c1-11-6-14(16(18)22-23(2)19)8-15(21-11)17(25)20-9-12-4-3-5-13(7-12)10-24/h3-8,24H,9-10,19H2,1-2H3,(H2,18,22)(H,20,25). The Morgan fingerprint density at radius 1 is 1.32 bits per heavy atom. The molecule has 0 saturated heterocycles. The first-order chi connectivity index (χ1) is 11.9. The number of benzene rings is 1. The van der Waals surface area contributed by atoms with Gasteiger partial charge in [0, 0.05) is 24.8 Å². The fraction of sp³-hybridized carbons (Fsp3) is 0.235. The number of nitrogens with one attached hydrogen (secondary N) is 1. The van der Waals surface area contributed by atoms with E-state index in [2.05, 4.69) is 15.4 Å². The molecule has 0 aliphatic carbocycles. The summed E-state index contributed by atoms with van der Waals surface area (Å²) in [6.07, 6.45) is 0. The Kier molecular flexibility index (Phi) is 6.04. The molecule has 1 amide bonds. The molecule has 0 saturated carbocycles. The van der Waals surface area contributed by atoms with Crippen LogP contribution in [-0.4, -0.2) is 34.0 Å². The quantitative estimate of drug-likeness (QED) is 0.257. The van der Waals surface area contributed by atoms with Crippen molar-refractivity contribution in [2.75, 3.05) is 7.05 Å². The molecule has 1 heterocycles. The van der Waals surface area contributed by atoms with Crippen LogP contribution in [0.5, 0.6) is 0 Å². The van der Waals surface area contributed by atoms with E-state index in [4.69, 9.17) is 16.7 Å². The van der Waals surface area contributed by atoms with E-state index < -0.39 is 0 Å². The SMILES string of the molecule is Cc1cc(/C(N)=N/N(C)N)cc(C(=O)NCc2cccc(CO)c2)n1. The fourth-order valence-corrected chi connectivity index (χ4v) is 2.27. The van der Waals surface area contributed by atoms with E-state index in [1.165, 1.54) is 0 Å². The number of hydrazone groups is 1. The van der Waals surface area contributed by atoms with Gasteiger partial charge in [0.05, 0.1) is 6.61 Å². The van der Waals surface area contributed by atoms with Gasteiger partial charge in [0.15, 0.2) is 5.84 Å². The summed E-state index contributed by atoms with van der Waals surface area (Å²) in [6, 6.07) is 10.6. The molecule has 2 rings (SSSR count). The first-order valence-electron chi connectivity index (χ1n) is 7.67. The van der Waals surface area contributed by atoms with Gasteiger partial charge in [-0.3, -0.25) is 4.79 Å². The van der Waals surface area contributed by atoms with E-state index >= 15 is 0 Å². The highest BCUT2D eigenvalue weighted by atomic mass is 16.3. The molecule has 0 spiro atoms. The third-order valence-corrected chi connectivity index (χ3v) is 3.37. The molecule has 1 aromatic carbocycles.